The summed E-state index contributed by atoms with van der Waals surface area (Å²) in [6, 6.07) is 0. The van der Waals surface area contributed by atoms with Gasteiger partial charge in [-0.05, 0) is 0 Å². The normalized spacial score (nSPS) is 6.50. The molecule has 2 N–H and O–H groups in total. The summed E-state index contributed by atoms with van der Waals surface area (Å²) < 4.78 is 7.25. The monoisotopic (exact) mass is 173 g/mol. The number of aromatic nitrogens is 2. The van der Waals surface area contributed by atoms with Crippen molar-refractivity contribution in [2.24, 2.45) is 0 Å². The molecule has 0 radical (unpaired) electrons. The van der Waals surface area contributed by atoms with Gasteiger partial charge in [-0.1, -0.05) is 0 Å². The molecule has 0 saturated carbocycles. The number of nitrogens with two attached hydrogens (primary N) is 1. The molecule has 1 heterocycles. The van der Waals surface area contributed by atoms with E-state index >= 15 is 0 Å². The summed E-state index contributed by atoms with van der Waals surface area (Å²) in [4.78, 5) is 0. The molecule has 1 rings (SSSR count). The average molecular weight is 174 g/mol. The van der Waals surface area contributed by atoms with E-state index in [1.807, 2.05) is 0 Å². The molecule has 48 valence electrons. The number of nitrogen functional groups attached to an aromatic ring is 1. The fraction of sp³-hybridized carbons (Fsp3) is 0. The first-order valence-corrected chi connectivity index (χ1v) is 2.15. The minimum atomic E-state index is 0. The zero-order valence-corrected chi connectivity index (χ0v) is 6.22. The van der Waals surface area contributed by atoms with Gasteiger partial charge in [0.05, 0.1) is 17.9 Å². The van der Waals surface area contributed by atoms with E-state index in [0.29, 0.717) is 5.82 Å². The number of hydrogen-bond acceptors (Lipinski definition) is 4. The molecule has 0 bridgehead atoms. The van der Waals surface area contributed by atoms with Crippen LogP contribution >= 0.6 is 36.5 Å². The third-order valence-corrected chi connectivity index (χ3v) is 0.871. The maximum absolute atomic E-state index is 5.11. The quantitative estimate of drug-likeness (QED) is 0.637. The minimum Gasteiger partial charge on any atom is -0.382 e. The van der Waals surface area contributed by atoms with Gasteiger partial charge in [0, 0.05) is 0 Å². The number of nitrogens with zero attached hydrogens (tertiary/aromatic N) is 2. The van der Waals surface area contributed by atoms with Gasteiger partial charge >= 0.3 is 0 Å². The zero-order chi connectivity index (χ0) is 4.41. The fourth-order valence-electron chi connectivity index (χ4n) is 0.172. The molecule has 8 heavy (non-hydrogen) atoms. The van der Waals surface area contributed by atoms with Crippen molar-refractivity contribution < 1.29 is 0 Å². The summed E-state index contributed by atoms with van der Waals surface area (Å²) in [6.45, 7) is 0. The van der Waals surface area contributed by atoms with Gasteiger partial charge in [0.15, 0.2) is 5.82 Å². The molecule has 0 spiro atoms. The Morgan fingerprint density at radius 3 is 2.25 bits per heavy atom. The Labute approximate surface area is 63.4 Å². The topological polar surface area (TPSA) is 51.8 Å². The lowest BCUT2D eigenvalue weighted by Gasteiger charge is -1.64. The van der Waals surface area contributed by atoms with Crippen LogP contribution in [0.5, 0.6) is 0 Å². The molecule has 0 amide bonds. The molecule has 3 nitrogen and oxygen atoms in total. The highest BCUT2D eigenvalue weighted by Crippen LogP contribution is 1.91. The SMILES string of the molecule is Cl.Cl.Nc1cnsn1. The van der Waals surface area contributed by atoms with E-state index in [1.165, 1.54) is 6.20 Å². The van der Waals surface area contributed by atoms with Gasteiger partial charge in [0.2, 0.25) is 0 Å². The van der Waals surface area contributed by atoms with E-state index in [2.05, 4.69) is 8.75 Å². The summed E-state index contributed by atoms with van der Waals surface area (Å²) in [5.74, 6) is 0.500. The maximum atomic E-state index is 5.11. The molecule has 1 aromatic rings. The first kappa shape index (κ1) is 10.8. The highest BCUT2D eigenvalue weighted by atomic mass is 35.5. The lowest BCUT2D eigenvalue weighted by Crippen LogP contribution is -1.79. The molecule has 0 fully saturated rings. The molecule has 0 aliphatic rings. The second-order valence-electron chi connectivity index (χ2n) is 0.832. The van der Waals surface area contributed by atoms with Gasteiger partial charge in [-0.25, -0.2) is 0 Å². The van der Waals surface area contributed by atoms with E-state index in [4.69, 9.17) is 5.73 Å². The molecule has 0 aromatic carbocycles. The lowest BCUT2D eigenvalue weighted by atomic mass is 10.8. The van der Waals surface area contributed by atoms with Crippen molar-refractivity contribution in [3.8, 4) is 0 Å². The van der Waals surface area contributed by atoms with Crippen molar-refractivity contribution in [2.45, 2.75) is 0 Å². The highest BCUT2D eigenvalue weighted by Gasteiger charge is 1.78. The van der Waals surface area contributed by atoms with Crippen molar-refractivity contribution in [3.63, 3.8) is 0 Å². The molecule has 0 aliphatic carbocycles. The second kappa shape index (κ2) is 5.08. The summed E-state index contributed by atoms with van der Waals surface area (Å²) in [5, 5.41) is 0. The van der Waals surface area contributed by atoms with Crippen LogP contribution in [-0.2, 0) is 0 Å². The van der Waals surface area contributed by atoms with Crippen LogP contribution in [0, 0.1) is 0 Å². The van der Waals surface area contributed by atoms with Gasteiger partial charge in [0.25, 0.3) is 0 Å². The molecular weight excluding hydrogens is 169 g/mol. The third kappa shape index (κ3) is 3.01. The molecular formula is C2H5Cl2N3S. The molecule has 0 atom stereocenters. The number of anilines is 1. The Morgan fingerprint density at radius 2 is 2.12 bits per heavy atom. The Hall–Kier alpha value is -0.0600. The number of halogens is 2. The van der Waals surface area contributed by atoms with Crippen molar-refractivity contribution in [3.05, 3.63) is 6.20 Å². The Kier molecular flexibility index (Phi) is 6.89. The van der Waals surface area contributed by atoms with E-state index in [9.17, 15) is 0 Å². The van der Waals surface area contributed by atoms with Crippen LogP contribution in [0.1, 0.15) is 0 Å². The minimum absolute atomic E-state index is 0. The third-order valence-electron chi connectivity index (χ3n) is 0.378. The average Bonchev–Trinajstić information content (AvgIpc) is 1.86. The molecule has 0 aliphatic heterocycles. The van der Waals surface area contributed by atoms with Crippen molar-refractivity contribution in [2.75, 3.05) is 5.73 Å². The van der Waals surface area contributed by atoms with Crippen LogP contribution < -0.4 is 5.73 Å². The van der Waals surface area contributed by atoms with Gasteiger partial charge in [0.1, 0.15) is 0 Å². The van der Waals surface area contributed by atoms with Crippen LogP contribution in [0.4, 0.5) is 5.82 Å². The fourth-order valence-corrected chi connectivity index (χ4v) is 0.516. The van der Waals surface area contributed by atoms with Gasteiger partial charge in [-0.3, -0.25) is 0 Å². The van der Waals surface area contributed by atoms with Gasteiger partial charge < -0.3 is 5.73 Å². The largest absolute Gasteiger partial charge is 0.382 e. The van der Waals surface area contributed by atoms with E-state index in [1.54, 1.807) is 0 Å². The predicted molar refractivity (Wildman–Crippen MR) is 38.8 cm³/mol. The van der Waals surface area contributed by atoms with E-state index in [0.717, 1.165) is 11.7 Å². The summed E-state index contributed by atoms with van der Waals surface area (Å²) in [5.41, 5.74) is 5.11. The first-order valence-electron chi connectivity index (χ1n) is 1.42. The number of hydrogen-bond donors (Lipinski definition) is 1. The second-order valence-corrected chi connectivity index (χ2v) is 1.39. The summed E-state index contributed by atoms with van der Waals surface area (Å²) in [7, 11) is 0. The molecule has 0 unspecified atom stereocenters. The Bertz CT molecular complexity index is 119. The van der Waals surface area contributed by atoms with Crippen LogP contribution in [0.15, 0.2) is 6.20 Å². The van der Waals surface area contributed by atoms with Gasteiger partial charge in [-0.15, -0.1) is 24.8 Å². The molecule has 0 saturated heterocycles. The highest BCUT2D eigenvalue weighted by molar-refractivity contribution is 6.99. The molecule has 6 heteroatoms. The van der Waals surface area contributed by atoms with Crippen LogP contribution in [0.3, 0.4) is 0 Å². The number of rotatable bonds is 0. The first-order chi connectivity index (χ1) is 2.89. The standard InChI is InChI=1S/C2H3N3S.2ClH/c3-2-1-4-6-5-2;;/h1H,(H2,3,5);2*1H. The van der Waals surface area contributed by atoms with Crippen molar-refractivity contribution in [1.29, 1.82) is 0 Å². The van der Waals surface area contributed by atoms with Crippen LogP contribution in [0.2, 0.25) is 0 Å². The van der Waals surface area contributed by atoms with E-state index < -0.39 is 0 Å². The van der Waals surface area contributed by atoms with Crippen LogP contribution in [0.25, 0.3) is 0 Å². The Morgan fingerprint density at radius 1 is 1.50 bits per heavy atom. The summed E-state index contributed by atoms with van der Waals surface area (Å²) >= 11 is 1.11. The Balaban J connectivity index is 0. The van der Waals surface area contributed by atoms with Crippen molar-refractivity contribution in [1.82, 2.24) is 8.75 Å². The smallest absolute Gasteiger partial charge is 0.157 e. The zero-order valence-electron chi connectivity index (χ0n) is 3.77. The van der Waals surface area contributed by atoms with E-state index in [-0.39, 0.29) is 24.8 Å². The summed E-state index contributed by atoms with van der Waals surface area (Å²) in [6.07, 6.45) is 1.52. The molecule has 1 aromatic heterocycles. The maximum Gasteiger partial charge on any atom is 0.157 e. The van der Waals surface area contributed by atoms with Crippen LogP contribution in [-0.4, -0.2) is 8.75 Å². The van der Waals surface area contributed by atoms with Gasteiger partial charge in [-0.2, -0.15) is 8.75 Å². The lowest BCUT2D eigenvalue weighted by molar-refractivity contribution is 1.52. The predicted octanol–water partition coefficient (Wildman–Crippen LogP) is 0.964. The van der Waals surface area contributed by atoms with Crippen molar-refractivity contribution >= 4 is 42.4 Å².